The predicted molar refractivity (Wildman–Crippen MR) is 154 cm³/mol. The van der Waals surface area contributed by atoms with Crippen LogP contribution in [0.3, 0.4) is 0 Å². The number of hydrogen-bond acceptors (Lipinski definition) is 7. The highest BCUT2D eigenvalue weighted by molar-refractivity contribution is 8.11. The van der Waals surface area contributed by atoms with Gasteiger partial charge in [-0.3, -0.25) is 0 Å². The molecule has 1 saturated heterocycles. The molecule has 0 spiro atoms. The summed E-state index contributed by atoms with van der Waals surface area (Å²) in [6, 6.07) is 11.1. The van der Waals surface area contributed by atoms with Gasteiger partial charge < -0.3 is 20.1 Å². The number of rotatable bonds is 10. The van der Waals surface area contributed by atoms with Gasteiger partial charge in [0.05, 0.1) is 22.8 Å². The summed E-state index contributed by atoms with van der Waals surface area (Å²) in [6.07, 6.45) is -3.41. The molecule has 1 aromatic heterocycles. The minimum atomic E-state index is -4.58. The van der Waals surface area contributed by atoms with E-state index in [1.54, 1.807) is 43.3 Å². The minimum absolute atomic E-state index is 0.187. The van der Waals surface area contributed by atoms with Crippen LogP contribution in [0.1, 0.15) is 26.0 Å². The lowest BCUT2D eigenvalue weighted by atomic mass is 10.0. The number of nitrogens with zero attached hydrogens (tertiary/aromatic N) is 2. The summed E-state index contributed by atoms with van der Waals surface area (Å²) in [7, 11) is -2.37. The third-order valence-corrected chi connectivity index (χ3v) is 7.89. The van der Waals surface area contributed by atoms with E-state index < -0.39 is 34.9 Å². The lowest BCUT2D eigenvalue weighted by Gasteiger charge is -2.30. The van der Waals surface area contributed by atoms with E-state index in [4.69, 9.17) is 4.74 Å². The first-order valence-electron chi connectivity index (χ1n) is 12.4. The van der Waals surface area contributed by atoms with Gasteiger partial charge >= 0.3 is 6.18 Å². The summed E-state index contributed by atoms with van der Waals surface area (Å²) in [5, 5.41) is 6.78. The van der Waals surface area contributed by atoms with Crippen LogP contribution < -0.4 is 20.1 Å². The second-order valence-corrected chi connectivity index (χ2v) is 11.9. The third-order valence-electron chi connectivity index (χ3n) is 5.80. The van der Waals surface area contributed by atoms with Crippen molar-refractivity contribution in [1.82, 2.24) is 15.3 Å². The van der Waals surface area contributed by atoms with E-state index in [2.05, 4.69) is 31.9 Å². The monoisotopic (exact) mass is 613 g/mol. The maximum Gasteiger partial charge on any atom is 0.402 e. The number of benzene rings is 2. The van der Waals surface area contributed by atoms with Crippen LogP contribution in [0.25, 0.3) is 15.7 Å². The van der Waals surface area contributed by atoms with E-state index in [0.29, 0.717) is 39.4 Å². The van der Waals surface area contributed by atoms with Crippen molar-refractivity contribution >= 4 is 50.1 Å². The molecule has 0 amide bonds. The van der Waals surface area contributed by atoms with Crippen molar-refractivity contribution < 1.29 is 30.9 Å². The lowest BCUT2D eigenvalue weighted by molar-refractivity contribution is -0.105. The molecule has 0 aliphatic carbocycles. The molecule has 3 aromatic rings. The Hall–Kier alpha value is -3.23. The highest BCUT2D eigenvalue weighted by atomic mass is 32.2. The van der Waals surface area contributed by atoms with Crippen LogP contribution in [0.2, 0.25) is 0 Å². The van der Waals surface area contributed by atoms with Gasteiger partial charge in [-0.25, -0.2) is 23.0 Å². The molecular weight excluding hydrogens is 585 g/mol. The van der Waals surface area contributed by atoms with Crippen molar-refractivity contribution in [2.24, 2.45) is 0 Å². The van der Waals surface area contributed by atoms with Crippen LogP contribution in [0.5, 0.6) is 5.75 Å². The number of hydrogen-bond donors (Lipinski definition) is 3. The first-order chi connectivity index (χ1) is 19.3. The highest BCUT2D eigenvalue weighted by Crippen LogP contribution is 2.38. The molecule has 2 atom stereocenters. The number of aromatic nitrogens is 2. The van der Waals surface area contributed by atoms with Crippen LogP contribution in [0.15, 0.2) is 65.9 Å². The normalized spacial score (nSPS) is 18.4. The van der Waals surface area contributed by atoms with Crippen LogP contribution in [0.4, 0.5) is 33.6 Å². The Morgan fingerprint density at radius 3 is 2.61 bits per heavy atom. The Morgan fingerprint density at radius 1 is 1.20 bits per heavy atom. The first kappa shape index (κ1) is 30.7. The fourth-order valence-corrected chi connectivity index (χ4v) is 5.77. The van der Waals surface area contributed by atoms with Gasteiger partial charge in [0.2, 0.25) is 5.95 Å². The SMILES string of the molecule is C=C(C)S/C(=C(\C)Oc1ccc(NS(=O)CC(F)(F)F)c2ccccc12)c1ccnc(NC2CNCC(F)(F)C2)n1. The van der Waals surface area contributed by atoms with Crippen LogP contribution >= 0.6 is 11.8 Å². The Kier molecular flexibility index (Phi) is 9.55. The van der Waals surface area contributed by atoms with E-state index in [1.165, 1.54) is 24.0 Å². The molecule has 1 aliphatic rings. The van der Waals surface area contributed by atoms with Crippen molar-refractivity contribution in [1.29, 1.82) is 0 Å². The molecular formula is C27H28F5N5O2S2. The standard InChI is InChI=1S/C27H28F5N5O2S2/c1-16(2)40-24(22-10-11-34-25(36-22)35-18-12-26(28,29)14-33-13-18)17(3)39-23-9-8-21(19-6-4-5-7-20(19)23)37-41(38)15-27(30,31)32/h4-11,18,33,37H,1,12-15H2,2-3H3,(H,34,35,36)/b24-17+. The topological polar surface area (TPSA) is 88.2 Å². The summed E-state index contributed by atoms with van der Waals surface area (Å²) >= 11 is 1.31. The number of ether oxygens (including phenoxy) is 1. The summed E-state index contributed by atoms with van der Waals surface area (Å²) in [6.45, 7) is 7.47. The zero-order valence-electron chi connectivity index (χ0n) is 22.1. The average Bonchev–Trinajstić information content (AvgIpc) is 2.87. The maximum absolute atomic E-state index is 13.8. The zero-order chi connectivity index (χ0) is 29.8. The van der Waals surface area contributed by atoms with Crippen molar-refractivity contribution in [3.05, 3.63) is 71.6 Å². The van der Waals surface area contributed by atoms with E-state index in [1.807, 2.05) is 6.92 Å². The maximum atomic E-state index is 13.8. The number of piperidine rings is 1. The van der Waals surface area contributed by atoms with E-state index >= 15 is 0 Å². The van der Waals surface area contributed by atoms with E-state index in [-0.39, 0.29) is 24.6 Å². The molecule has 1 aliphatic heterocycles. The molecule has 3 N–H and O–H groups in total. The lowest BCUT2D eigenvalue weighted by Crippen LogP contribution is -2.49. The molecule has 4 rings (SSSR count). The quantitative estimate of drug-likeness (QED) is 0.173. The largest absolute Gasteiger partial charge is 0.460 e. The predicted octanol–water partition coefficient (Wildman–Crippen LogP) is 6.71. The fourth-order valence-electron chi connectivity index (χ4n) is 4.22. The number of halogens is 5. The second-order valence-electron chi connectivity index (χ2n) is 9.45. The smallest absolute Gasteiger partial charge is 0.402 e. The van der Waals surface area contributed by atoms with Crippen molar-refractivity contribution in [3.8, 4) is 5.75 Å². The van der Waals surface area contributed by atoms with Crippen molar-refractivity contribution in [2.75, 3.05) is 28.9 Å². The number of allylic oxidation sites excluding steroid dienone is 2. The van der Waals surface area contributed by atoms with Crippen LogP contribution in [-0.4, -0.2) is 51.2 Å². The molecule has 7 nitrogen and oxygen atoms in total. The molecule has 2 unspecified atom stereocenters. The van der Waals surface area contributed by atoms with Gasteiger partial charge in [0.15, 0.2) is 0 Å². The fraction of sp³-hybridized carbons (Fsp3) is 0.333. The zero-order valence-corrected chi connectivity index (χ0v) is 23.8. The molecule has 220 valence electrons. The molecule has 1 fully saturated rings. The van der Waals surface area contributed by atoms with E-state index in [9.17, 15) is 26.2 Å². The summed E-state index contributed by atoms with van der Waals surface area (Å²) in [5.74, 6) is -3.28. The number of anilines is 2. The number of fused-ring (bicyclic) bond motifs is 1. The molecule has 14 heteroatoms. The Labute approximate surface area is 240 Å². The third kappa shape index (κ3) is 8.63. The van der Waals surface area contributed by atoms with Crippen LogP contribution in [-0.2, 0) is 11.0 Å². The summed E-state index contributed by atoms with van der Waals surface area (Å²) in [4.78, 5) is 10.1. The highest BCUT2D eigenvalue weighted by Gasteiger charge is 2.36. The van der Waals surface area contributed by atoms with Crippen LogP contribution in [0, 0.1) is 0 Å². The number of alkyl halides is 5. The Bertz CT molecular complexity index is 1480. The van der Waals surface area contributed by atoms with Crippen molar-refractivity contribution in [3.63, 3.8) is 0 Å². The molecule has 2 aromatic carbocycles. The van der Waals surface area contributed by atoms with Gasteiger partial charge in [-0.2, -0.15) is 13.2 Å². The second kappa shape index (κ2) is 12.7. The Morgan fingerprint density at radius 2 is 1.93 bits per heavy atom. The molecule has 0 bridgehead atoms. The Balaban J connectivity index is 1.63. The van der Waals surface area contributed by atoms with Gasteiger partial charge in [0.1, 0.15) is 28.2 Å². The number of thioether (sulfide) groups is 1. The average molecular weight is 614 g/mol. The van der Waals surface area contributed by atoms with E-state index in [0.717, 1.165) is 4.91 Å². The van der Waals surface area contributed by atoms with Gasteiger partial charge in [-0.1, -0.05) is 42.6 Å². The van der Waals surface area contributed by atoms with Gasteiger partial charge in [-0.15, -0.1) is 0 Å². The molecule has 0 radical (unpaired) electrons. The molecule has 2 heterocycles. The number of nitrogens with one attached hydrogen (secondary N) is 3. The summed E-state index contributed by atoms with van der Waals surface area (Å²) in [5.41, 5.74) is 0.747. The van der Waals surface area contributed by atoms with Gasteiger partial charge in [0, 0.05) is 36.0 Å². The van der Waals surface area contributed by atoms with Crippen molar-refractivity contribution in [2.45, 2.75) is 38.4 Å². The first-order valence-corrected chi connectivity index (χ1v) is 14.6. The molecule has 41 heavy (non-hydrogen) atoms. The van der Waals surface area contributed by atoms with Gasteiger partial charge in [0.25, 0.3) is 5.92 Å². The summed E-state index contributed by atoms with van der Waals surface area (Å²) < 4.78 is 86.5. The minimum Gasteiger partial charge on any atom is -0.460 e. The molecule has 0 saturated carbocycles. The van der Waals surface area contributed by atoms with Gasteiger partial charge in [-0.05, 0) is 37.0 Å².